The molecule has 7 heteroatoms. The van der Waals surface area contributed by atoms with Crippen molar-refractivity contribution in [2.45, 2.75) is 20.0 Å². The lowest BCUT2D eigenvalue weighted by Crippen LogP contribution is -2.36. The van der Waals surface area contributed by atoms with Crippen molar-refractivity contribution in [3.8, 4) is 0 Å². The van der Waals surface area contributed by atoms with Crippen LogP contribution in [0, 0.1) is 12.7 Å². The second kappa shape index (κ2) is 11.5. The van der Waals surface area contributed by atoms with E-state index in [1.54, 1.807) is 20.0 Å². The van der Waals surface area contributed by atoms with Gasteiger partial charge in [0, 0.05) is 50.4 Å². The molecule has 0 atom stereocenters. The van der Waals surface area contributed by atoms with Crippen molar-refractivity contribution in [1.82, 2.24) is 10.6 Å². The molecule has 0 aromatic heterocycles. The molecule has 3 rings (SSSR count). The third-order valence-electron chi connectivity index (χ3n) is 4.68. The third kappa shape index (κ3) is 6.55. The van der Waals surface area contributed by atoms with Crippen LogP contribution in [0.3, 0.4) is 0 Å². The summed E-state index contributed by atoms with van der Waals surface area (Å²) in [6, 6.07) is 13.9. The van der Waals surface area contributed by atoms with Crippen LogP contribution in [0.4, 0.5) is 10.1 Å². The molecule has 2 N–H and O–H groups in total. The fourth-order valence-electron chi connectivity index (χ4n) is 3.06. The SMILES string of the molecule is CN=C(NCc1ccc(N2CCSCC2)cc1)NCc1ccc(F)c(C)c1.I. The highest BCUT2D eigenvalue weighted by molar-refractivity contribution is 14.0. The van der Waals surface area contributed by atoms with Crippen molar-refractivity contribution < 1.29 is 4.39 Å². The van der Waals surface area contributed by atoms with Gasteiger partial charge < -0.3 is 15.5 Å². The normalized spacial score (nSPS) is 14.4. The molecule has 0 radical (unpaired) electrons. The fraction of sp³-hybridized carbons (Fsp3) is 0.381. The number of thioether (sulfide) groups is 1. The average Bonchev–Trinajstić information content (AvgIpc) is 2.72. The highest BCUT2D eigenvalue weighted by Crippen LogP contribution is 2.19. The van der Waals surface area contributed by atoms with E-state index in [2.05, 4.69) is 44.8 Å². The first-order chi connectivity index (χ1) is 13.2. The maximum absolute atomic E-state index is 13.4. The molecule has 2 aromatic rings. The molecule has 0 bridgehead atoms. The van der Waals surface area contributed by atoms with Crippen molar-refractivity contribution >= 4 is 47.4 Å². The van der Waals surface area contributed by atoms with Gasteiger partial charge in [-0.15, -0.1) is 24.0 Å². The van der Waals surface area contributed by atoms with Crippen molar-refractivity contribution in [2.24, 2.45) is 4.99 Å². The predicted molar refractivity (Wildman–Crippen MR) is 130 cm³/mol. The summed E-state index contributed by atoms with van der Waals surface area (Å²) in [5.74, 6) is 2.97. The number of benzene rings is 2. The molecule has 2 aromatic carbocycles. The first-order valence-electron chi connectivity index (χ1n) is 9.27. The van der Waals surface area contributed by atoms with E-state index in [1.165, 1.54) is 28.8 Å². The van der Waals surface area contributed by atoms with Crippen molar-refractivity contribution in [2.75, 3.05) is 36.5 Å². The standard InChI is InChI=1S/C21H27FN4S.HI/c1-16-13-18(5-8-20(16)22)15-25-21(23-2)24-14-17-3-6-19(7-4-17)26-9-11-27-12-10-26;/h3-8,13H,9-12,14-15H2,1-2H3,(H2,23,24,25);1H. The monoisotopic (exact) mass is 514 g/mol. The van der Waals surface area contributed by atoms with Gasteiger partial charge in [0.25, 0.3) is 0 Å². The number of hydrogen-bond acceptors (Lipinski definition) is 3. The molecule has 0 amide bonds. The number of nitrogens with zero attached hydrogens (tertiary/aromatic N) is 2. The second-order valence-corrected chi connectivity index (χ2v) is 7.85. The summed E-state index contributed by atoms with van der Waals surface area (Å²) in [5, 5.41) is 6.60. The van der Waals surface area contributed by atoms with Gasteiger partial charge in [-0.3, -0.25) is 4.99 Å². The Balaban J connectivity index is 0.00000280. The van der Waals surface area contributed by atoms with Gasteiger partial charge in [-0.2, -0.15) is 11.8 Å². The van der Waals surface area contributed by atoms with E-state index in [-0.39, 0.29) is 29.8 Å². The molecule has 0 unspecified atom stereocenters. The second-order valence-electron chi connectivity index (χ2n) is 6.63. The molecule has 0 saturated carbocycles. The Kier molecular flexibility index (Phi) is 9.37. The van der Waals surface area contributed by atoms with Crippen LogP contribution in [0.5, 0.6) is 0 Å². The van der Waals surface area contributed by atoms with Gasteiger partial charge in [-0.05, 0) is 41.8 Å². The molecule has 1 fully saturated rings. The smallest absolute Gasteiger partial charge is 0.191 e. The van der Waals surface area contributed by atoms with Crippen LogP contribution in [0.2, 0.25) is 0 Å². The molecular weight excluding hydrogens is 486 g/mol. The molecule has 4 nitrogen and oxygen atoms in total. The van der Waals surface area contributed by atoms with Gasteiger partial charge in [0.05, 0.1) is 0 Å². The summed E-state index contributed by atoms with van der Waals surface area (Å²) >= 11 is 2.02. The number of aliphatic imine (C=N–C) groups is 1. The van der Waals surface area contributed by atoms with Gasteiger partial charge in [0.15, 0.2) is 5.96 Å². The minimum Gasteiger partial charge on any atom is -0.370 e. The highest BCUT2D eigenvalue weighted by Gasteiger charge is 2.10. The quantitative estimate of drug-likeness (QED) is 0.357. The van der Waals surface area contributed by atoms with Crippen LogP contribution in [-0.2, 0) is 13.1 Å². The summed E-state index contributed by atoms with van der Waals surface area (Å²) in [4.78, 5) is 6.70. The average molecular weight is 514 g/mol. The number of nitrogens with one attached hydrogen (secondary N) is 2. The summed E-state index contributed by atoms with van der Waals surface area (Å²) in [7, 11) is 1.75. The van der Waals surface area contributed by atoms with Crippen LogP contribution in [0.1, 0.15) is 16.7 Å². The van der Waals surface area contributed by atoms with Gasteiger partial charge in [0.1, 0.15) is 5.82 Å². The minimum atomic E-state index is -0.173. The number of guanidine groups is 1. The Morgan fingerprint density at radius 1 is 1.04 bits per heavy atom. The molecule has 0 spiro atoms. The largest absolute Gasteiger partial charge is 0.370 e. The topological polar surface area (TPSA) is 39.7 Å². The minimum absolute atomic E-state index is 0. The number of rotatable bonds is 5. The zero-order chi connectivity index (χ0) is 19.1. The van der Waals surface area contributed by atoms with Crippen LogP contribution in [0.15, 0.2) is 47.5 Å². The van der Waals surface area contributed by atoms with Crippen LogP contribution < -0.4 is 15.5 Å². The fourth-order valence-corrected chi connectivity index (χ4v) is 3.96. The zero-order valence-corrected chi connectivity index (χ0v) is 19.5. The zero-order valence-electron chi connectivity index (χ0n) is 16.4. The molecule has 1 aliphatic heterocycles. The summed E-state index contributed by atoms with van der Waals surface area (Å²) < 4.78 is 13.4. The van der Waals surface area contributed by atoms with Crippen LogP contribution >= 0.6 is 35.7 Å². The number of halogens is 2. The van der Waals surface area contributed by atoms with E-state index in [0.29, 0.717) is 18.7 Å². The van der Waals surface area contributed by atoms with Crippen LogP contribution in [0.25, 0.3) is 0 Å². The lowest BCUT2D eigenvalue weighted by Gasteiger charge is -2.28. The molecule has 1 heterocycles. The third-order valence-corrected chi connectivity index (χ3v) is 5.62. The lowest BCUT2D eigenvalue weighted by atomic mass is 10.1. The van der Waals surface area contributed by atoms with E-state index in [0.717, 1.165) is 24.6 Å². The number of anilines is 1. The predicted octanol–water partition coefficient (Wildman–Crippen LogP) is 4.17. The molecule has 1 aliphatic rings. The Hall–Kier alpha value is -1.48. The van der Waals surface area contributed by atoms with E-state index >= 15 is 0 Å². The number of hydrogen-bond donors (Lipinski definition) is 2. The summed E-state index contributed by atoms with van der Waals surface area (Å²) in [6.45, 7) is 5.34. The van der Waals surface area contributed by atoms with Gasteiger partial charge in [-0.1, -0.05) is 24.3 Å². The van der Waals surface area contributed by atoms with Crippen molar-refractivity contribution in [1.29, 1.82) is 0 Å². The first kappa shape index (κ1) is 22.8. The first-order valence-corrected chi connectivity index (χ1v) is 10.4. The summed E-state index contributed by atoms with van der Waals surface area (Å²) in [5.41, 5.74) is 4.20. The maximum Gasteiger partial charge on any atom is 0.191 e. The van der Waals surface area contributed by atoms with Gasteiger partial charge >= 0.3 is 0 Å². The maximum atomic E-state index is 13.4. The van der Waals surface area contributed by atoms with E-state index in [1.807, 2.05) is 17.8 Å². The molecule has 0 aliphatic carbocycles. The van der Waals surface area contributed by atoms with Crippen molar-refractivity contribution in [3.05, 3.63) is 65.0 Å². The van der Waals surface area contributed by atoms with Gasteiger partial charge in [-0.25, -0.2) is 4.39 Å². The Morgan fingerprint density at radius 3 is 2.25 bits per heavy atom. The van der Waals surface area contributed by atoms with Crippen LogP contribution in [-0.4, -0.2) is 37.6 Å². The van der Waals surface area contributed by atoms with E-state index in [4.69, 9.17) is 0 Å². The molecule has 1 saturated heterocycles. The van der Waals surface area contributed by atoms with Gasteiger partial charge in [0.2, 0.25) is 0 Å². The highest BCUT2D eigenvalue weighted by atomic mass is 127. The summed E-state index contributed by atoms with van der Waals surface area (Å²) in [6.07, 6.45) is 0. The Labute approximate surface area is 188 Å². The number of aryl methyl sites for hydroxylation is 1. The Morgan fingerprint density at radius 2 is 1.64 bits per heavy atom. The molecule has 28 heavy (non-hydrogen) atoms. The Bertz CT molecular complexity index is 776. The van der Waals surface area contributed by atoms with E-state index < -0.39 is 0 Å². The molecule has 152 valence electrons. The lowest BCUT2D eigenvalue weighted by molar-refractivity contribution is 0.617. The van der Waals surface area contributed by atoms with E-state index in [9.17, 15) is 4.39 Å². The van der Waals surface area contributed by atoms with Crippen molar-refractivity contribution in [3.63, 3.8) is 0 Å². The molecular formula is C21H28FIN4S.